The Balaban J connectivity index is 1.56. The number of fused-ring (bicyclic) bond motifs is 2. The van der Waals surface area contributed by atoms with Gasteiger partial charge in [0.1, 0.15) is 0 Å². The molecule has 8 heteroatoms. The lowest BCUT2D eigenvalue weighted by molar-refractivity contribution is -0.115. The van der Waals surface area contributed by atoms with E-state index in [0.717, 1.165) is 0 Å². The predicted octanol–water partition coefficient (Wildman–Crippen LogP) is 3.17. The number of hydrogen-bond donors (Lipinski definition) is 1. The summed E-state index contributed by atoms with van der Waals surface area (Å²) >= 11 is 1.28. The minimum atomic E-state index is -0.398. The first-order valence-electron chi connectivity index (χ1n) is 8.89. The monoisotopic (exact) mass is 397 g/mol. The van der Waals surface area contributed by atoms with Crippen LogP contribution in [-0.4, -0.2) is 27.5 Å². The van der Waals surface area contributed by atoms with Gasteiger partial charge in [0.2, 0.25) is 12.7 Å². The van der Waals surface area contributed by atoms with E-state index in [1.165, 1.54) is 16.3 Å². The Bertz CT molecular complexity index is 1110. The smallest absolute Gasteiger partial charge is 0.261 e. The van der Waals surface area contributed by atoms with Crippen molar-refractivity contribution in [1.82, 2.24) is 9.55 Å². The number of rotatable bonds is 5. The average molecular weight is 397 g/mol. The molecule has 0 saturated carbocycles. The van der Waals surface area contributed by atoms with Gasteiger partial charge < -0.3 is 14.8 Å². The van der Waals surface area contributed by atoms with Crippen LogP contribution in [0.25, 0.3) is 10.9 Å². The van der Waals surface area contributed by atoms with Crippen LogP contribution < -0.4 is 20.3 Å². The Hall–Kier alpha value is -3.00. The molecule has 3 aromatic rings. The van der Waals surface area contributed by atoms with Crippen LogP contribution in [0.1, 0.15) is 13.3 Å². The van der Waals surface area contributed by atoms with Gasteiger partial charge in [0.25, 0.3) is 5.56 Å². The maximum absolute atomic E-state index is 12.8. The summed E-state index contributed by atoms with van der Waals surface area (Å²) in [7, 11) is 1.67. The van der Waals surface area contributed by atoms with Crippen LogP contribution in [0.2, 0.25) is 0 Å². The fourth-order valence-electron chi connectivity index (χ4n) is 2.95. The first-order valence-corrected chi connectivity index (χ1v) is 9.77. The van der Waals surface area contributed by atoms with Crippen molar-refractivity contribution in [2.24, 2.45) is 7.05 Å². The topological polar surface area (TPSA) is 82.5 Å². The predicted molar refractivity (Wildman–Crippen MR) is 108 cm³/mol. The van der Waals surface area contributed by atoms with E-state index in [2.05, 4.69) is 10.3 Å². The Morgan fingerprint density at radius 2 is 2.04 bits per heavy atom. The van der Waals surface area contributed by atoms with Gasteiger partial charge in [-0.25, -0.2) is 4.98 Å². The lowest BCUT2D eigenvalue weighted by atomic mass is 10.2. The second kappa shape index (κ2) is 7.55. The van der Waals surface area contributed by atoms with Crippen molar-refractivity contribution in [3.63, 3.8) is 0 Å². The van der Waals surface area contributed by atoms with Crippen molar-refractivity contribution < 1.29 is 14.3 Å². The lowest BCUT2D eigenvalue weighted by Gasteiger charge is -2.16. The first kappa shape index (κ1) is 18.4. The molecule has 0 saturated heterocycles. The molecule has 0 radical (unpaired) electrons. The van der Waals surface area contributed by atoms with Gasteiger partial charge >= 0.3 is 0 Å². The standard InChI is InChI=1S/C20H19N3O4S/c1-3-17(18(24)21-12-8-9-15-16(10-12)27-11-26-15)28-20-22-14-7-5-4-6-13(14)19(25)23(20)2/h4-10,17H,3,11H2,1-2H3,(H,21,24). The number of nitrogens with zero attached hydrogens (tertiary/aromatic N) is 2. The van der Waals surface area contributed by atoms with E-state index < -0.39 is 5.25 Å². The summed E-state index contributed by atoms with van der Waals surface area (Å²) in [6, 6.07) is 12.5. The number of carbonyl (C=O) groups is 1. The zero-order valence-electron chi connectivity index (χ0n) is 15.5. The first-order chi connectivity index (χ1) is 13.6. The number of anilines is 1. The minimum Gasteiger partial charge on any atom is -0.454 e. The number of thioether (sulfide) groups is 1. The highest BCUT2D eigenvalue weighted by Gasteiger charge is 2.22. The molecule has 1 aliphatic heterocycles. The second-order valence-electron chi connectivity index (χ2n) is 6.35. The quantitative estimate of drug-likeness (QED) is 0.526. The van der Waals surface area contributed by atoms with Gasteiger partial charge in [-0.1, -0.05) is 30.8 Å². The number of carbonyl (C=O) groups excluding carboxylic acids is 1. The molecule has 7 nitrogen and oxygen atoms in total. The molecule has 0 bridgehead atoms. The van der Waals surface area contributed by atoms with Gasteiger partial charge in [0.05, 0.1) is 16.2 Å². The number of aromatic nitrogens is 2. The molecule has 1 aliphatic rings. The van der Waals surface area contributed by atoms with Gasteiger partial charge in [-0.3, -0.25) is 14.2 Å². The van der Waals surface area contributed by atoms with Crippen LogP contribution in [0, 0.1) is 0 Å². The van der Waals surface area contributed by atoms with Crippen LogP contribution >= 0.6 is 11.8 Å². The molecule has 144 valence electrons. The third kappa shape index (κ3) is 3.43. The van der Waals surface area contributed by atoms with Gasteiger partial charge in [-0.15, -0.1) is 0 Å². The molecule has 1 unspecified atom stereocenters. The molecular weight excluding hydrogens is 378 g/mol. The summed E-state index contributed by atoms with van der Waals surface area (Å²) < 4.78 is 12.1. The molecule has 0 aliphatic carbocycles. The molecule has 2 aromatic carbocycles. The van der Waals surface area contributed by atoms with Crippen LogP contribution in [0.5, 0.6) is 11.5 Å². The number of ether oxygens (including phenoxy) is 2. The van der Waals surface area contributed by atoms with E-state index in [9.17, 15) is 9.59 Å². The Morgan fingerprint density at radius 3 is 2.86 bits per heavy atom. The number of para-hydroxylation sites is 1. The summed E-state index contributed by atoms with van der Waals surface area (Å²) in [4.78, 5) is 29.9. The largest absolute Gasteiger partial charge is 0.454 e. The fraction of sp³-hybridized carbons (Fsp3) is 0.250. The van der Waals surface area contributed by atoms with Gasteiger partial charge in [0, 0.05) is 18.8 Å². The van der Waals surface area contributed by atoms with E-state index in [4.69, 9.17) is 9.47 Å². The molecule has 0 spiro atoms. The molecule has 2 heterocycles. The normalized spacial score (nSPS) is 13.5. The number of amides is 1. The van der Waals surface area contributed by atoms with Crippen molar-refractivity contribution in [1.29, 1.82) is 0 Å². The fourth-order valence-corrected chi connectivity index (χ4v) is 3.93. The van der Waals surface area contributed by atoms with E-state index in [1.54, 1.807) is 37.4 Å². The molecule has 0 fully saturated rings. The maximum atomic E-state index is 12.8. The van der Waals surface area contributed by atoms with Crippen LogP contribution in [0.3, 0.4) is 0 Å². The van der Waals surface area contributed by atoms with Crippen molar-refractivity contribution in [2.45, 2.75) is 23.8 Å². The number of hydrogen-bond acceptors (Lipinski definition) is 6. The molecule has 1 atom stereocenters. The van der Waals surface area contributed by atoms with E-state index in [1.807, 2.05) is 19.1 Å². The van der Waals surface area contributed by atoms with Crippen LogP contribution in [0.15, 0.2) is 52.4 Å². The highest BCUT2D eigenvalue weighted by Crippen LogP contribution is 2.34. The highest BCUT2D eigenvalue weighted by molar-refractivity contribution is 8.00. The van der Waals surface area contributed by atoms with E-state index >= 15 is 0 Å². The number of benzene rings is 2. The van der Waals surface area contributed by atoms with Gasteiger partial charge in [0.15, 0.2) is 16.7 Å². The minimum absolute atomic E-state index is 0.126. The van der Waals surface area contributed by atoms with Crippen molar-refractivity contribution >= 4 is 34.3 Å². The summed E-state index contributed by atoms with van der Waals surface area (Å²) in [5.74, 6) is 1.11. The summed E-state index contributed by atoms with van der Waals surface area (Å²) in [5.41, 5.74) is 1.13. The second-order valence-corrected chi connectivity index (χ2v) is 7.52. The number of nitrogens with one attached hydrogen (secondary N) is 1. The zero-order chi connectivity index (χ0) is 19.7. The molecule has 4 rings (SSSR count). The SMILES string of the molecule is CCC(Sc1nc2ccccc2c(=O)n1C)C(=O)Nc1ccc2c(c1)OCO2. The van der Waals surface area contributed by atoms with Crippen LogP contribution in [0.4, 0.5) is 5.69 Å². The third-order valence-electron chi connectivity index (χ3n) is 4.49. The van der Waals surface area contributed by atoms with Crippen molar-refractivity contribution in [3.05, 3.63) is 52.8 Å². The van der Waals surface area contributed by atoms with E-state index in [0.29, 0.717) is 39.7 Å². The Morgan fingerprint density at radius 1 is 1.25 bits per heavy atom. The Labute approximate surface area is 165 Å². The van der Waals surface area contributed by atoms with Crippen molar-refractivity contribution in [2.75, 3.05) is 12.1 Å². The highest BCUT2D eigenvalue weighted by atomic mass is 32.2. The van der Waals surface area contributed by atoms with E-state index in [-0.39, 0.29) is 18.3 Å². The third-order valence-corrected chi connectivity index (χ3v) is 5.90. The Kier molecular flexibility index (Phi) is 4.95. The zero-order valence-corrected chi connectivity index (χ0v) is 16.3. The van der Waals surface area contributed by atoms with Gasteiger partial charge in [-0.2, -0.15) is 0 Å². The van der Waals surface area contributed by atoms with Crippen molar-refractivity contribution in [3.8, 4) is 11.5 Å². The summed E-state index contributed by atoms with van der Waals surface area (Å²) in [5, 5.41) is 3.58. The van der Waals surface area contributed by atoms with Gasteiger partial charge in [-0.05, 0) is 30.7 Å². The molecule has 1 N–H and O–H groups in total. The molecule has 1 aromatic heterocycles. The summed E-state index contributed by atoms with van der Waals surface area (Å²) in [6.45, 7) is 2.11. The molecular formula is C20H19N3O4S. The summed E-state index contributed by atoms with van der Waals surface area (Å²) in [6.07, 6.45) is 0.587. The average Bonchev–Trinajstić information content (AvgIpc) is 3.17. The van der Waals surface area contributed by atoms with Crippen LogP contribution in [-0.2, 0) is 11.8 Å². The lowest BCUT2D eigenvalue weighted by Crippen LogP contribution is -2.27. The molecule has 28 heavy (non-hydrogen) atoms. The maximum Gasteiger partial charge on any atom is 0.261 e. The molecule has 1 amide bonds.